The van der Waals surface area contributed by atoms with Crippen LogP contribution in [0.4, 0.5) is 5.69 Å². The highest BCUT2D eigenvalue weighted by atomic mass is 79.9. The lowest BCUT2D eigenvalue weighted by molar-refractivity contribution is 0.394. The first-order valence-corrected chi connectivity index (χ1v) is 8.10. The minimum Gasteiger partial charge on any atom is -0.378 e. The van der Waals surface area contributed by atoms with Gasteiger partial charge in [-0.15, -0.1) is 0 Å². The van der Waals surface area contributed by atoms with Crippen molar-refractivity contribution in [3.05, 3.63) is 22.7 Å². The molecule has 1 aromatic carbocycles. The molecule has 1 unspecified atom stereocenters. The molecule has 0 aliphatic rings. The van der Waals surface area contributed by atoms with E-state index in [9.17, 15) is 8.42 Å². The number of sulfonamides is 1. The van der Waals surface area contributed by atoms with Crippen LogP contribution in [0.25, 0.3) is 0 Å². The summed E-state index contributed by atoms with van der Waals surface area (Å²) in [7, 11) is 1.72. The molecule has 2 N–H and O–H groups in total. The number of likely N-dealkylation sites (N-methyl/N-ethyl adjacent to an activating group) is 1. The van der Waals surface area contributed by atoms with Crippen molar-refractivity contribution < 1.29 is 8.42 Å². The first-order valence-electron chi connectivity index (χ1n) is 5.86. The first-order chi connectivity index (χ1) is 8.71. The fourth-order valence-corrected chi connectivity index (χ4v) is 3.82. The van der Waals surface area contributed by atoms with Crippen LogP contribution in [-0.4, -0.2) is 46.5 Å². The van der Waals surface area contributed by atoms with Gasteiger partial charge in [0.1, 0.15) is 0 Å². The molecular weight excluding hydrogens is 330 g/mol. The molecule has 0 spiro atoms. The van der Waals surface area contributed by atoms with Gasteiger partial charge in [-0.25, -0.2) is 8.42 Å². The third-order valence-corrected chi connectivity index (χ3v) is 6.02. The Morgan fingerprint density at radius 3 is 2.37 bits per heavy atom. The molecule has 0 aliphatic carbocycles. The SMILES string of the molecule is CC(CN)N(C)S(=O)(=O)c1cc(N(C)C)ccc1Br. The highest BCUT2D eigenvalue weighted by Gasteiger charge is 2.27. The molecule has 1 atom stereocenters. The van der Waals surface area contributed by atoms with E-state index in [0.717, 1.165) is 5.69 Å². The Morgan fingerprint density at radius 1 is 1.32 bits per heavy atom. The maximum atomic E-state index is 12.6. The fraction of sp³-hybridized carbons (Fsp3) is 0.500. The third kappa shape index (κ3) is 3.47. The average Bonchev–Trinajstić information content (AvgIpc) is 2.36. The number of hydrogen-bond acceptors (Lipinski definition) is 4. The lowest BCUT2D eigenvalue weighted by Crippen LogP contribution is -2.39. The molecule has 1 aromatic rings. The molecule has 5 nitrogen and oxygen atoms in total. The van der Waals surface area contributed by atoms with Gasteiger partial charge in [-0.1, -0.05) is 0 Å². The van der Waals surface area contributed by atoms with E-state index >= 15 is 0 Å². The number of nitrogens with zero attached hydrogens (tertiary/aromatic N) is 2. The lowest BCUT2D eigenvalue weighted by atomic mass is 10.3. The van der Waals surface area contributed by atoms with Gasteiger partial charge >= 0.3 is 0 Å². The number of hydrogen-bond donors (Lipinski definition) is 1. The Bertz CT molecular complexity index is 546. The molecule has 0 amide bonds. The Hall–Kier alpha value is -0.630. The van der Waals surface area contributed by atoms with Crippen LogP contribution >= 0.6 is 15.9 Å². The van der Waals surface area contributed by atoms with E-state index in [0.29, 0.717) is 4.47 Å². The van der Waals surface area contributed by atoms with Gasteiger partial charge in [-0.3, -0.25) is 0 Å². The quantitative estimate of drug-likeness (QED) is 0.874. The normalized spacial score (nSPS) is 13.6. The minimum atomic E-state index is -3.56. The summed E-state index contributed by atoms with van der Waals surface area (Å²) >= 11 is 3.30. The molecule has 0 aromatic heterocycles. The molecule has 0 saturated carbocycles. The summed E-state index contributed by atoms with van der Waals surface area (Å²) in [5.41, 5.74) is 6.37. The number of halogens is 1. The second kappa shape index (κ2) is 6.21. The smallest absolute Gasteiger partial charge is 0.244 e. The van der Waals surface area contributed by atoms with Gasteiger partial charge in [0.15, 0.2) is 0 Å². The van der Waals surface area contributed by atoms with Crippen molar-refractivity contribution in [3.8, 4) is 0 Å². The van der Waals surface area contributed by atoms with Crippen LogP contribution in [0.3, 0.4) is 0 Å². The van der Waals surface area contributed by atoms with Crippen LogP contribution in [-0.2, 0) is 10.0 Å². The van der Waals surface area contributed by atoms with Gasteiger partial charge in [0.25, 0.3) is 0 Å². The zero-order valence-corrected chi connectivity index (χ0v) is 14.0. The summed E-state index contributed by atoms with van der Waals surface area (Å²) < 4.78 is 26.9. The molecule has 0 radical (unpaired) electrons. The summed E-state index contributed by atoms with van der Waals surface area (Å²) in [5, 5.41) is 0. The maximum absolute atomic E-state index is 12.6. The van der Waals surface area contributed by atoms with Gasteiger partial charge in [-0.05, 0) is 41.1 Å². The van der Waals surface area contributed by atoms with Crippen molar-refractivity contribution in [3.63, 3.8) is 0 Å². The average molecular weight is 350 g/mol. The van der Waals surface area contributed by atoms with Crippen molar-refractivity contribution >= 4 is 31.6 Å². The molecule has 0 aliphatic heterocycles. The van der Waals surface area contributed by atoms with E-state index in [4.69, 9.17) is 5.73 Å². The molecule has 108 valence electrons. The van der Waals surface area contributed by atoms with Gasteiger partial charge in [-0.2, -0.15) is 4.31 Å². The van der Waals surface area contributed by atoms with Gasteiger partial charge in [0.05, 0.1) is 4.90 Å². The second-order valence-corrected chi connectivity index (χ2v) is 7.44. The minimum absolute atomic E-state index is 0.250. The third-order valence-electron chi connectivity index (χ3n) is 3.05. The van der Waals surface area contributed by atoms with Crippen molar-refractivity contribution in [1.29, 1.82) is 0 Å². The predicted octanol–water partition coefficient (Wildman–Crippen LogP) is 1.48. The van der Waals surface area contributed by atoms with Gasteiger partial charge in [0.2, 0.25) is 10.0 Å². The van der Waals surface area contributed by atoms with E-state index < -0.39 is 10.0 Å². The zero-order chi connectivity index (χ0) is 14.8. The summed E-state index contributed by atoms with van der Waals surface area (Å²) in [4.78, 5) is 2.11. The van der Waals surface area contributed by atoms with Crippen LogP contribution < -0.4 is 10.6 Å². The molecule has 7 heteroatoms. The van der Waals surface area contributed by atoms with Crippen LogP contribution in [0.5, 0.6) is 0 Å². The van der Waals surface area contributed by atoms with Crippen LogP contribution in [0.2, 0.25) is 0 Å². The lowest BCUT2D eigenvalue weighted by Gasteiger charge is -2.24. The summed E-state index contributed by atoms with van der Waals surface area (Å²) in [6, 6.07) is 5.00. The highest BCUT2D eigenvalue weighted by Crippen LogP contribution is 2.29. The second-order valence-electron chi connectivity index (χ2n) is 4.62. The Kier molecular flexibility index (Phi) is 5.37. The highest BCUT2D eigenvalue weighted by molar-refractivity contribution is 9.10. The van der Waals surface area contributed by atoms with Crippen LogP contribution in [0.1, 0.15) is 6.92 Å². The maximum Gasteiger partial charge on any atom is 0.244 e. The molecule has 0 fully saturated rings. The Labute approximate surface area is 123 Å². The zero-order valence-electron chi connectivity index (χ0n) is 11.6. The standard InChI is InChI=1S/C12H20BrN3O2S/c1-9(8-14)16(4)19(17,18)12-7-10(15(2)3)5-6-11(12)13/h5-7,9H,8,14H2,1-4H3. The fourth-order valence-electron chi connectivity index (χ4n) is 1.51. The van der Waals surface area contributed by atoms with Crippen LogP contribution in [0.15, 0.2) is 27.6 Å². The number of nitrogens with two attached hydrogens (primary N) is 1. The van der Waals surface area contributed by atoms with E-state index in [2.05, 4.69) is 15.9 Å². The molecule has 1 rings (SSSR count). The summed E-state index contributed by atoms with van der Waals surface area (Å²) in [5.74, 6) is 0. The monoisotopic (exact) mass is 349 g/mol. The van der Waals surface area contributed by atoms with Crippen molar-refractivity contribution in [2.24, 2.45) is 5.73 Å². The predicted molar refractivity (Wildman–Crippen MR) is 81.9 cm³/mol. The van der Waals surface area contributed by atoms with Crippen molar-refractivity contribution in [2.45, 2.75) is 17.9 Å². The van der Waals surface area contributed by atoms with E-state index in [-0.39, 0.29) is 17.5 Å². The molecule has 0 bridgehead atoms. The molecule has 19 heavy (non-hydrogen) atoms. The topological polar surface area (TPSA) is 66.6 Å². The van der Waals surface area contributed by atoms with E-state index in [1.54, 1.807) is 26.1 Å². The number of benzene rings is 1. The van der Waals surface area contributed by atoms with Gasteiger partial charge in [0, 0.05) is 43.9 Å². The van der Waals surface area contributed by atoms with Gasteiger partial charge < -0.3 is 10.6 Å². The van der Waals surface area contributed by atoms with Crippen molar-refractivity contribution in [2.75, 3.05) is 32.6 Å². The van der Waals surface area contributed by atoms with E-state index in [1.807, 2.05) is 25.1 Å². The Morgan fingerprint density at radius 2 is 1.89 bits per heavy atom. The number of anilines is 1. The first kappa shape index (κ1) is 16.4. The molecule has 0 heterocycles. The number of rotatable bonds is 5. The Balaban J connectivity index is 3.32. The summed E-state index contributed by atoms with van der Waals surface area (Å²) in [6.07, 6.45) is 0. The van der Waals surface area contributed by atoms with E-state index in [1.165, 1.54) is 4.31 Å². The summed E-state index contributed by atoms with van der Waals surface area (Å²) in [6.45, 7) is 2.06. The van der Waals surface area contributed by atoms with Crippen molar-refractivity contribution in [1.82, 2.24) is 4.31 Å². The van der Waals surface area contributed by atoms with Crippen LogP contribution in [0, 0.1) is 0 Å². The largest absolute Gasteiger partial charge is 0.378 e. The molecule has 0 saturated heterocycles. The molecular formula is C12H20BrN3O2S.